The first-order valence-corrected chi connectivity index (χ1v) is 13.5. The maximum absolute atomic E-state index is 15.1. The zero-order valence-electron chi connectivity index (χ0n) is 20.2. The van der Waals surface area contributed by atoms with Crippen molar-refractivity contribution in [2.75, 3.05) is 0 Å². The highest BCUT2D eigenvalue weighted by Crippen LogP contribution is 2.34. The molecule has 2 aromatic heterocycles. The van der Waals surface area contributed by atoms with Gasteiger partial charge in [0, 0.05) is 21.3 Å². The molecule has 0 N–H and O–H groups in total. The van der Waals surface area contributed by atoms with Crippen molar-refractivity contribution in [1.82, 2.24) is 9.55 Å². The van der Waals surface area contributed by atoms with E-state index in [1.54, 1.807) is 16.7 Å². The number of halogens is 2. The third-order valence-corrected chi connectivity index (χ3v) is 7.77. The molecule has 0 aliphatic rings. The van der Waals surface area contributed by atoms with E-state index in [-0.39, 0.29) is 17.9 Å². The van der Waals surface area contributed by atoms with Crippen molar-refractivity contribution in [1.29, 1.82) is 0 Å². The third-order valence-electron chi connectivity index (χ3n) is 6.06. The van der Waals surface area contributed by atoms with E-state index in [9.17, 15) is 4.79 Å². The minimum atomic E-state index is -0.499. The molecule has 0 saturated heterocycles. The Morgan fingerprint density at radius 3 is 2.35 bits per heavy atom. The highest BCUT2D eigenvalue weighted by Gasteiger charge is 2.22. The van der Waals surface area contributed by atoms with Gasteiger partial charge in [-0.05, 0) is 58.6 Å². The number of thiophene rings is 1. The van der Waals surface area contributed by atoms with Crippen molar-refractivity contribution >= 4 is 27.3 Å². The molecule has 0 fully saturated rings. The number of ether oxygens (including phenoxy) is 1. The largest absolute Gasteiger partial charge is 0.485 e. The maximum Gasteiger partial charge on any atom is 0.262 e. The number of nitrogens with zero attached hydrogens (tertiary/aromatic N) is 2. The summed E-state index contributed by atoms with van der Waals surface area (Å²) in [7, 11) is 0. The van der Waals surface area contributed by atoms with E-state index in [0.29, 0.717) is 35.6 Å². The van der Waals surface area contributed by atoms with E-state index in [4.69, 9.17) is 9.72 Å². The van der Waals surface area contributed by atoms with E-state index in [1.807, 2.05) is 79.0 Å². The van der Waals surface area contributed by atoms with Gasteiger partial charge in [0.2, 0.25) is 0 Å². The Morgan fingerprint density at radius 2 is 1.68 bits per heavy atom. The first-order valence-electron chi connectivity index (χ1n) is 11.9. The SMILES string of the molecule is Cc1nc(-c2cccc(F)c2OCc2ccccc2)n(CCc2ccccc2)c(=O)c1-c1cc(Br)cs1. The van der Waals surface area contributed by atoms with Gasteiger partial charge >= 0.3 is 0 Å². The van der Waals surface area contributed by atoms with Crippen LogP contribution in [0, 0.1) is 12.7 Å². The number of hydrogen-bond acceptors (Lipinski definition) is 4. The molecular weight excluding hydrogens is 551 g/mol. The second kappa shape index (κ2) is 11.2. The summed E-state index contributed by atoms with van der Waals surface area (Å²) < 4.78 is 23.7. The Labute approximate surface area is 227 Å². The maximum atomic E-state index is 15.1. The number of hydrogen-bond donors (Lipinski definition) is 0. The Bertz CT molecular complexity index is 1580. The first-order chi connectivity index (χ1) is 18.0. The molecule has 0 unspecified atom stereocenters. The predicted molar refractivity (Wildman–Crippen MR) is 151 cm³/mol. The zero-order chi connectivity index (χ0) is 25.8. The van der Waals surface area contributed by atoms with E-state index in [1.165, 1.54) is 17.4 Å². The number of aryl methyl sites for hydroxylation is 2. The Hall–Kier alpha value is -3.55. The molecular formula is C30H24BrFN2O2S. The van der Waals surface area contributed by atoms with Crippen molar-refractivity contribution in [3.8, 4) is 27.6 Å². The van der Waals surface area contributed by atoms with Crippen molar-refractivity contribution in [2.24, 2.45) is 0 Å². The molecule has 5 aromatic rings. The van der Waals surface area contributed by atoms with Gasteiger partial charge in [0.1, 0.15) is 12.4 Å². The molecule has 0 amide bonds. The van der Waals surface area contributed by atoms with Crippen LogP contribution in [0.1, 0.15) is 16.8 Å². The third kappa shape index (κ3) is 5.58. The second-order valence-corrected chi connectivity index (χ2v) is 10.4. The van der Waals surface area contributed by atoms with Crippen LogP contribution in [0.15, 0.2) is 99.6 Å². The van der Waals surface area contributed by atoms with Gasteiger partial charge in [-0.3, -0.25) is 9.36 Å². The van der Waals surface area contributed by atoms with E-state index >= 15 is 4.39 Å². The lowest BCUT2D eigenvalue weighted by molar-refractivity contribution is 0.291. The number of para-hydroxylation sites is 1. The lowest BCUT2D eigenvalue weighted by Gasteiger charge is -2.18. The highest BCUT2D eigenvalue weighted by atomic mass is 79.9. The molecule has 3 aromatic carbocycles. The summed E-state index contributed by atoms with van der Waals surface area (Å²) in [6, 6.07) is 26.2. The molecule has 7 heteroatoms. The van der Waals surface area contributed by atoms with Crippen molar-refractivity contribution in [3.63, 3.8) is 0 Å². The standard InChI is InChI=1S/C30H24BrFN2O2S/c1-20-27(26-17-23(31)19-37-26)30(35)34(16-15-21-9-4-2-5-10-21)29(33-20)24-13-8-14-25(32)28(24)36-18-22-11-6-3-7-12-22/h2-14,17,19H,15-16,18H2,1H3. The number of rotatable bonds is 8. The molecule has 4 nitrogen and oxygen atoms in total. The summed E-state index contributed by atoms with van der Waals surface area (Å²) in [4.78, 5) is 19.7. The summed E-state index contributed by atoms with van der Waals surface area (Å²) in [5.41, 5.74) is 3.44. The number of aromatic nitrogens is 2. The lowest BCUT2D eigenvalue weighted by Crippen LogP contribution is -2.27. The van der Waals surface area contributed by atoms with Gasteiger partial charge in [-0.2, -0.15) is 0 Å². The van der Waals surface area contributed by atoms with Crippen LogP contribution in [0.25, 0.3) is 21.8 Å². The van der Waals surface area contributed by atoms with Crippen LogP contribution in [0.2, 0.25) is 0 Å². The van der Waals surface area contributed by atoms with Gasteiger partial charge in [0.05, 0.1) is 16.8 Å². The summed E-state index contributed by atoms with van der Waals surface area (Å²) in [5, 5.41) is 1.94. The van der Waals surface area contributed by atoms with Crippen LogP contribution < -0.4 is 10.3 Å². The fourth-order valence-electron chi connectivity index (χ4n) is 4.25. The fourth-order valence-corrected chi connectivity index (χ4v) is 5.77. The van der Waals surface area contributed by atoms with Crippen molar-refractivity contribution < 1.29 is 9.13 Å². The summed E-state index contributed by atoms with van der Waals surface area (Å²) in [6.45, 7) is 2.40. The first kappa shape index (κ1) is 25.1. The average Bonchev–Trinajstić information content (AvgIpc) is 3.33. The molecule has 5 rings (SSSR count). The van der Waals surface area contributed by atoms with Crippen LogP contribution >= 0.6 is 27.3 Å². The minimum Gasteiger partial charge on any atom is -0.485 e. The van der Waals surface area contributed by atoms with Gasteiger partial charge in [0.25, 0.3) is 5.56 Å². The predicted octanol–water partition coefficient (Wildman–Crippen LogP) is 7.67. The van der Waals surface area contributed by atoms with Gasteiger partial charge in [-0.15, -0.1) is 11.3 Å². The van der Waals surface area contributed by atoms with Gasteiger partial charge < -0.3 is 4.74 Å². The molecule has 0 aliphatic heterocycles. The van der Waals surface area contributed by atoms with Crippen molar-refractivity contribution in [2.45, 2.75) is 26.5 Å². The molecule has 0 spiro atoms. The summed E-state index contributed by atoms with van der Waals surface area (Å²) in [6.07, 6.45) is 0.627. The topological polar surface area (TPSA) is 44.1 Å². The molecule has 0 aliphatic carbocycles. The monoisotopic (exact) mass is 574 g/mol. The Balaban J connectivity index is 1.63. The summed E-state index contributed by atoms with van der Waals surface area (Å²) >= 11 is 4.97. The molecule has 2 heterocycles. The Morgan fingerprint density at radius 1 is 0.973 bits per heavy atom. The molecule has 0 bridgehead atoms. The minimum absolute atomic E-state index is 0.0812. The molecule has 0 saturated carbocycles. The van der Waals surface area contributed by atoms with Crippen molar-refractivity contribution in [3.05, 3.63) is 128 Å². The zero-order valence-corrected chi connectivity index (χ0v) is 22.6. The highest BCUT2D eigenvalue weighted by molar-refractivity contribution is 9.10. The second-order valence-electron chi connectivity index (χ2n) is 8.61. The van der Waals surface area contributed by atoms with E-state index in [2.05, 4.69) is 15.9 Å². The fraction of sp³-hybridized carbons (Fsp3) is 0.133. The van der Waals surface area contributed by atoms with Crippen LogP contribution in [0.3, 0.4) is 0 Å². The number of benzene rings is 3. The quantitative estimate of drug-likeness (QED) is 0.191. The summed E-state index contributed by atoms with van der Waals surface area (Å²) in [5.74, 6) is -0.0284. The molecule has 0 radical (unpaired) electrons. The molecule has 0 atom stereocenters. The van der Waals surface area contributed by atoms with Crippen LogP contribution in [-0.2, 0) is 19.6 Å². The van der Waals surface area contributed by atoms with Gasteiger partial charge in [-0.1, -0.05) is 66.7 Å². The van der Waals surface area contributed by atoms with Crippen LogP contribution in [-0.4, -0.2) is 9.55 Å². The lowest BCUT2D eigenvalue weighted by atomic mass is 10.1. The normalized spacial score (nSPS) is 11.0. The smallest absolute Gasteiger partial charge is 0.262 e. The van der Waals surface area contributed by atoms with Gasteiger partial charge in [0.15, 0.2) is 11.6 Å². The van der Waals surface area contributed by atoms with Crippen LogP contribution in [0.4, 0.5) is 4.39 Å². The van der Waals surface area contributed by atoms with E-state index < -0.39 is 5.82 Å². The van der Waals surface area contributed by atoms with Gasteiger partial charge in [-0.25, -0.2) is 9.37 Å². The molecule has 186 valence electrons. The Kier molecular flexibility index (Phi) is 7.63. The molecule has 37 heavy (non-hydrogen) atoms. The van der Waals surface area contributed by atoms with Crippen LogP contribution in [0.5, 0.6) is 5.75 Å². The van der Waals surface area contributed by atoms with E-state index in [0.717, 1.165) is 20.5 Å². The average molecular weight is 576 g/mol.